The second kappa shape index (κ2) is 7.40. The van der Waals surface area contributed by atoms with Crippen molar-refractivity contribution in [2.24, 2.45) is 0 Å². The molecule has 0 saturated heterocycles. The van der Waals surface area contributed by atoms with Crippen LogP contribution in [0.3, 0.4) is 0 Å². The Bertz CT molecular complexity index is 736. The van der Waals surface area contributed by atoms with Crippen molar-refractivity contribution in [3.8, 4) is 0 Å². The van der Waals surface area contributed by atoms with E-state index in [1.54, 1.807) is 0 Å². The van der Waals surface area contributed by atoms with Crippen LogP contribution in [0.5, 0.6) is 0 Å². The second-order valence-electron chi connectivity index (χ2n) is 6.47. The van der Waals surface area contributed by atoms with Crippen molar-refractivity contribution in [1.29, 1.82) is 0 Å². The molecule has 0 spiro atoms. The molecule has 0 aliphatic heterocycles. The maximum Gasteiger partial charge on any atom is 0.391 e. The minimum absolute atomic E-state index is 0.0208. The standard InChI is InChI=1S/C21H26O2P/c1-6-21(7-2,24(23)18-11-9-8-10-12-18)20(22)19-16(4)13-15(3)14-17(19)5/h8-14H,6-7H2,1-5H3/q+1. The molecule has 0 fully saturated rings. The number of aryl methyl sites for hydroxylation is 3. The van der Waals surface area contributed by atoms with Gasteiger partial charge in [0.25, 0.3) is 0 Å². The van der Waals surface area contributed by atoms with Gasteiger partial charge in [-0.1, -0.05) is 54.3 Å². The van der Waals surface area contributed by atoms with Crippen LogP contribution >= 0.6 is 7.80 Å². The minimum atomic E-state index is -1.82. The Morgan fingerprint density at radius 1 is 0.958 bits per heavy atom. The molecule has 126 valence electrons. The van der Waals surface area contributed by atoms with Crippen LogP contribution in [0.15, 0.2) is 42.5 Å². The summed E-state index contributed by atoms with van der Waals surface area (Å²) in [5.74, 6) is 0.0208. The topological polar surface area (TPSA) is 34.1 Å². The molecule has 2 aromatic rings. The summed E-state index contributed by atoms with van der Waals surface area (Å²) in [4.78, 5) is 13.5. The first kappa shape index (κ1) is 18.5. The molecule has 0 N–H and O–H groups in total. The van der Waals surface area contributed by atoms with Crippen molar-refractivity contribution < 1.29 is 9.36 Å². The van der Waals surface area contributed by atoms with E-state index in [9.17, 15) is 9.36 Å². The van der Waals surface area contributed by atoms with E-state index in [-0.39, 0.29) is 5.78 Å². The molecule has 0 aliphatic carbocycles. The van der Waals surface area contributed by atoms with E-state index in [0.29, 0.717) is 12.8 Å². The highest BCUT2D eigenvalue weighted by atomic mass is 31.1. The third-order valence-corrected chi connectivity index (χ3v) is 7.26. The number of hydrogen-bond acceptors (Lipinski definition) is 2. The molecular formula is C21H26O2P+. The van der Waals surface area contributed by atoms with Crippen LogP contribution < -0.4 is 5.30 Å². The Balaban J connectivity index is 2.59. The molecule has 0 saturated carbocycles. The Morgan fingerprint density at radius 3 is 1.92 bits per heavy atom. The zero-order valence-corrected chi connectivity index (χ0v) is 16.1. The molecule has 1 unspecified atom stereocenters. The summed E-state index contributed by atoms with van der Waals surface area (Å²) < 4.78 is 13.4. The average Bonchev–Trinajstić information content (AvgIpc) is 2.56. The fourth-order valence-electron chi connectivity index (χ4n) is 3.53. The van der Waals surface area contributed by atoms with E-state index in [4.69, 9.17) is 0 Å². The molecule has 0 heterocycles. The molecule has 2 rings (SSSR count). The quantitative estimate of drug-likeness (QED) is 0.513. The number of hydrogen-bond donors (Lipinski definition) is 0. The van der Waals surface area contributed by atoms with Gasteiger partial charge in [0.05, 0.1) is 0 Å². The summed E-state index contributed by atoms with van der Waals surface area (Å²) in [5.41, 5.74) is 3.83. The van der Waals surface area contributed by atoms with Gasteiger partial charge in [-0.3, -0.25) is 4.79 Å². The number of carbonyl (C=O) groups is 1. The van der Waals surface area contributed by atoms with Crippen LogP contribution in [0.25, 0.3) is 0 Å². The summed E-state index contributed by atoms with van der Waals surface area (Å²) in [7, 11) is -1.82. The normalized spacial score (nSPS) is 12.1. The third kappa shape index (κ3) is 3.21. The molecule has 0 aromatic heterocycles. The molecule has 3 heteroatoms. The van der Waals surface area contributed by atoms with Crippen molar-refractivity contribution >= 4 is 18.9 Å². The first-order valence-electron chi connectivity index (χ1n) is 8.52. The van der Waals surface area contributed by atoms with Crippen LogP contribution in [-0.2, 0) is 4.57 Å². The van der Waals surface area contributed by atoms with Crippen molar-refractivity contribution in [3.63, 3.8) is 0 Å². The predicted octanol–water partition coefficient (Wildman–Crippen LogP) is 5.51. The Hall–Kier alpha value is -1.79. The third-order valence-electron chi connectivity index (χ3n) is 4.88. The molecule has 2 nitrogen and oxygen atoms in total. The van der Waals surface area contributed by atoms with E-state index in [1.807, 2.05) is 77.1 Å². The van der Waals surface area contributed by atoms with Gasteiger partial charge in [-0.15, -0.1) is 0 Å². The lowest BCUT2D eigenvalue weighted by Crippen LogP contribution is -2.37. The lowest BCUT2D eigenvalue weighted by atomic mass is 9.86. The van der Waals surface area contributed by atoms with Gasteiger partial charge in [0, 0.05) is 18.4 Å². The first-order valence-corrected chi connectivity index (χ1v) is 9.78. The lowest BCUT2D eigenvalue weighted by Gasteiger charge is -2.22. The summed E-state index contributed by atoms with van der Waals surface area (Å²) in [6.45, 7) is 9.91. The van der Waals surface area contributed by atoms with E-state index in [0.717, 1.165) is 27.6 Å². The molecule has 24 heavy (non-hydrogen) atoms. The van der Waals surface area contributed by atoms with Crippen LogP contribution in [0.4, 0.5) is 0 Å². The van der Waals surface area contributed by atoms with Gasteiger partial charge in [-0.05, 0) is 44.0 Å². The van der Waals surface area contributed by atoms with Crippen LogP contribution in [0.2, 0.25) is 0 Å². The monoisotopic (exact) mass is 341 g/mol. The number of rotatable bonds is 6. The van der Waals surface area contributed by atoms with Gasteiger partial charge >= 0.3 is 7.80 Å². The van der Waals surface area contributed by atoms with Gasteiger partial charge in [-0.2, -0.15) is 0 Å². The first-order chi connectivity index (χ1) is 11.4. The van der Waals surface area contributed by atoms with E-state index in [1.165, 1.54) is 0 Å². The number of Topliss-reactive ketones (excluding diaryl/α,β-unsaturated/α-hetero) is 1. The van der Waals surface area contributed by atoms with Crippen LogP contribution in [-0.4, -0.2) is 10.9 Å². The van der Waals surface area contributed by atoms with Crippen molar-refractivity contribution in [3.05, 3.63) is 64.7 Å². The SMILES string of the molecule is CCC(CC)(C(=O)c1c(C)cc(C)cc1C)[P+](=O)c1ccccc1. The fraction of sp³-hybridized carbons (Fsp3) is 0.381. The van der Waals surface area contributed by atoms with Gasteiger partial charge < -0.3 is 0 Å². The van der Waals surface area contributed by atoms with Crippen molar-refractivity contribution in [1.82, 2.24) is 0 Å². The molecule has 0 radical (unpaired) electrons. The van der Waals surface area contributed by atoms with Gasteiger partial charge in [0.2, 0.25) is 10.9 Å². The van der Waals surface area contributed by atoms with Crippen molar-refractivity contribution in [2.45, 2.75) is 52.6 Å². The highest BCUT2D eigenvalue weighted by molar-refractivity contribution is 7.56. The van der Waals surface area contributed by atoms with Crippen molar-refractivity contribution in [2.75, 3.05) is 0 Å². The molecule has 0 bridgehead atoms. The Kier molecular flexibility index (Phi) is 5.72. The Labute approximate surface area is 146 Å². The second-order valence-corrected chi connectivity index (χ2v) is 8.43. The average molecular weight is 341 g/mol. The largest absolute Gasteiger partial charge is 0.391 e. The zero-order chi connectivity index (χ0) is 17.9. The maximum absolute atomic E-state index is 13.5. The Morgan fingerprint density at radius 2 is 1.46 bits per heavy atom. The summed E-state index contributed by atoms with van der Waals surface area (Å²) >= 11 is 0. The van der Waals surface area contributed by atoms with Gasteiger partial charge in [0.15, 0.2) is 5.30 Å². The van der Waals surface area contributed by atoms with Gasteiger partial charge in [-0.25, -0.2) is 0 Å². The van der Waals surface area contributed by atoms with E-state index < -0.39 is 13.0 Å². The zero-order valence-electron chi connectivity index (χ0n) is 15.2. The highest BCUT2D eigenvalue weighted by Gasteiger charge is 2.54. The predicted molar refractivity (Wildman–Crippen MR) is 102 cm³/mol. The summed E-state index contributed by atoms with van der Waals surface area (Å²) in [5, 5.41) is -0.0893. The van der Waals surface area contributed by atoms with Crippen LogP contribution in [0, 0.1) is 20.8 Å². The maximum atomic E-state index is 13.5. The lowest BCUT2D eigenvalue weighted by molar-refractivity contribution is 0.0932. The van der Waals surface area contributed by atoms with Crippen LogP contribution in [0.1, 0.15) is 53.7 Å². The van der Waals surface area contributed by atoms with E-state index >= 15 is 0 Å². The molecule has 0 aliphatic rings. The molecule has 0 amide bonds. The van der Waals surface area contributed by atoms with Gasteiger partial charge in [0.1, 0.15) is 0 Å². The number of benzene rings is 2. The molecule has 1 atom stereocenters. The number of ketones is 1. The minimum Gasteiger partial charge on any atom is -0.289 e. The summed E-state index contributed by atoms with van der Waals surface area (Å²) in [6.07, 6.45) is 1.14. The molecular weight excluding hydrogens is 315 g/mol. The summed E-state index contributed by atoms with van der Waals surface area (Å²) in [6, 6.07) is 13.5. The molecule has 2 aromatic carbocycles. The number of carbonyl (C=O) groups excluding carboxylic acids is 1. The highest BCUT2D eigenvalue weighted by Crippen LogP contribution is 2.46. The fourth-order valence-corrected chi connectivity index (χ4v) is 5.34. The smallest absolute Gasteiger partial charge is 0.289 e. The van der Waals surface area contributed by atoms with E-state index in [2.05, 4.69) is 0 Å².